The zero-order valence-electron chi connectivity index (χ0n) is 18.1. The van der Waals surface area contributed by atoms with Gasteiger partial charge in [0.2, 0.25) is 10.8 Å². The highest BCUT2D eigenvalue weighted by molar-refractivity contribution is 7.17. The molecule has 1 aliphatic heterocycles. The van der Waals surface area contributed by atoms with Crippen molar-refractivity contribution in [2.45, 2.75) is 19.4 Å². The number of aryl methyl sites for hydroxylation is 1. The SMILES string of the molecule is CCc1nc2sc([C@@H](c3ccc(OC)c(OC)c3)N3CCN(CCO)CC3)c(O)n2n1. The second kappa shape index (κ2) is 9.39. The van der Waals surface area contributed by atoms with Gasteiger partial charge in [-0.25, -0.2) is 4.98 Å². The number of aliphatic hydroxyl groups is 1. The summed E-state index contributed by atoms with van der Waals surface area (Å²) >= 11 is 1.46. The van der Waals surface area contributed by atoms with Crippen LogP contribution in [0.15, 0.2) is 18.2 Å². The minimum absolute atomic E-state index is 0.129. The molecule has 31 heavy (non-hydrogen) atoms. The normalized spacial score (nSPS) is 16.6. The molecule has 1 fully saturated rings. The predicted molar refractivity (Wildman–Crippen MR) is 118 cm³/mol. The van der Waals surface area contributed by atoms with Crippen molar-refractivity contribution in [2.24, 2.45) is 0 Å². The molecule has 0 amide bonds. The van der Waals surface area contributed by atoms with Gasteiger partial charge in [0.25, 0.3) is 0 Å². The van der Waals surface area contributed by atoms with Gasteiger partial charge < -0.3 is 19.7 Å². The smallest absolute Gasteiger partial charge is 0.230 e. The molecule has 1 atom stereocenters. The standard InChI is InChI=1S/C21H29N5O4S/c1-4-17-22-21-26(23-17)20(28)19(31-21)18(25-9-7-24(8-10-25)11-12-27)14-5-6-15(29-2)16(13-14)30-3/h5-6,13,18,27-28H,4,7-12H2,1-3H3/t18-/m1/s1. The summed E-state index contributed by atoms with van der Waals surface area (Å²) in [4.78, 5) is 10.6. The number of piperazine rings is 1. The highest BCUT2D eigenvalue weighted by atomic mass is 32.1. The molecule has 1 saturated heterocycles. The van der Waals surface area contributed by atoms with Crippen molar-refractivity contribution in [1.29, 1.82) is 0 Å². The molecule has 4 rings (SSSR count). The van der Waals surface area contributed by atoms with Crippen LogP contribution < -0.4 is 9.47 Å². The van der Waals surface area contributed by atoms with E-state index in [9.17, 15) is 10.2 Å². The van der Waals surface area contributed by atoms with Crippen LogP contribution in [0.5, 0.6) is 17.4 Å². The Labute approximate surface area is 185 Å². The number of β-amino-alcohol motifs (C(OH)–C–C–N with tert-alkyl or cyclic N) is 1. The molecule has 9 nitrogen and oxygen atoms in total. The second-order valence-electron chi connectivity index (χ2n) is 7.48. The molecule has 0 unspecified atom stereocenters. The summed E-state index contributed by atoms with van der Waals surface area (Å²) in [5.41, 5.74) is 1.00. The van der Waals surface area contributed by atoms with Gasteiger partial charge in [-0.3, -0.25) is 9.80 Å². The summed E-state index contributed by atoms with van der Waals surface area (Å²) < 4.78 is 12.5. The molecule has 3 aromatic rings. The fraction of sp³-hybridized carbons (Fsp3) is 0.524. The number of ether oxygens (including phenoxy) is 2. The van der Waals surface area contributed by atoms with Crippen molar-refractivity contribution < 1.29 is 19.7 Å². The summed E-state index contributed by atoms with van der Waals surface area (Å²) in [6, 6.07) is 5.71. The van der Waals surface area contributed by atoms with Gasteiger partial charge in [0.1, 0.15) is 0 Å². The van der Waals surface area contributed by atoms with E-state index in [0.29, 0.717) is 28.8 Å². The largest absolute Gasteiger partial charge is 0.493 e. The van der Waals surface area contributed by atoms with Crippen LogP contribution >= 0.6 is 11.3 Å². The van der Waals surface area contributed by atoms with Crippen molar-refractivity contribution >= 4 is 16.3 Å². The molecule has 2 aromatic heterocycles. The third kappa shape index (κ3) is 4.20. The Balaban J connectivity index is 1.75. The topological polar surface area (TPSA) is 95.6 Å². The highest BCUT2D eigenvalue weighted by Crippen LogP contribution is 2.42. The van der Waals surface area contributed by atoms with Crippen molar-refractivity contribution in [1.82, 2.24) is 24.4 Å². The van der Waals surface area contributed by atoms with Gasteiger partial charge in [0.15, 0.2) is 17.3 Å². The van der Waals surface area contributed by atoms with Crippen molar-refractivity contribution in [3.63, 3.8) is 0 Å². The molecular weight excluding hydrogens is 418 g/mol. The van der Waals surface area contributed by atoms with E-state index < -0.39 is 0 Å². The van der Waals surface area contributed by atoms with Gasteiger partial charge in [0, 0.05) is 39.1 Å². The quantitative estimate of drug-likeness (QED) is 0.540. The zero-order valence-corrected chi connectivity index (χ0v) is 18.9. The van der Waals surface area contributed by atoms with E-state index in [4.69, 9.17) is 9.47 Å². The molecule has 0 saturated carbocycles. The Bertz CT molecular complexity index is 1030. The molecule has 0 aliphatic carbocycles. The first-order valence-corrected chi connectivity index (χ1v) is 11.3. The van der Waals surface area contributed by atoms with Crippen molar-refractivity contribution in [3.8, 4) is 17.4 Å². The monoisotopic (exact) mass is 447 g/mol. The summed E-state index contributed by atoms with van der Waals surface area (Å²) in [7, 11) is 3.24. The Morgan fingerprint density at radius 1 is 1.13 bits per heavy atom. The number of benzene rings is 1. The molecule has 1 aliphatic rings. The lowest BCUT2D eigenvalue weighted by Crippen LogP contribution is -2.48. The van der Waals surface area contributed by atoms with E-state index in [2.05, 4.69) is 19.9 Å². The van der Waals surface area contributed by atoms with Crippen LogP contribution in [0.4, 0.5) is 0 Å². The number of hydrogen-bond donors (Lipinski definition) is 2. The van der Waals surface area contributed by atoms with E-state index in [1.807, 2.05) is 25.1 Å². The lowest BCUT2D eigenvalue weighted by molar-refractivity contribution is 0.0944. The van der Waals surface area contributed by atoms with Gasteiger partial charge in [-0.1, -0.05) is 24.3 Å². The predicted octanol–water partition coefficient (Wildman–Crippen LogP) is 1.78. The zero-order chi connectivity index (χ0) is 22.0. The van der Waals surface area contributed by atoms with Crippen LogP contribution in [-0.4, -0.2) is 88.2 Å². The summed E-state index contributed by atoms with van der Waals surface area (Å²) in [6.45, 7) is 6.16. The van der Waals surface area contributed by atoms with Crippen LogP contribution in [0.3, 0.4) is 0 Å². The number of thiazole rings is 1. The summed E-state index contributed by atoms with van der Waals surface area (Å²) in [5, 5.41) is 24.8. The molecule has 0 spiro atoms. The second-order valence-corrected chi connectivity index (χ2v) is 8.49. The third-order valence-electron chi connectivity index (χ3n) is 5.72. The molecule has 3 heterocycles. The molecular formula is C21H29N5O4S. The van der Waals surface area contributed by atoms with E-state index in [0.717, 1.165) is 43.0 Å². The average Bonchev–Trinajstić information content (AvgIpc) is 3.34. The van der Waals surface area contributed by atoms with Crippen molar-refractivity contribution in [3.05, 3.63) is 34.5 Å². The Morgan fingerprint density at radius 2 is 1.87 bits per heavy atom. The van der Waals surface area contributed by atoms with Gasteiger partial charge in [-0.15, -0.1) is 5.10 Å². The molecule has 0 bridgehead atoms. The average molecular weight is 448 g/mol. The van der Waals surface area contributed by atoms with E-state index in [-0.39, 0.29) is 18.5 Å². The minimum atomic E-state index is -0.172. The molecule has 0 radical (unpaired) electrons. The lowest BCUT2D eigenvalue weighted by atomic mass is 10.0. The van der Waals surface area contributed by atoms with E-state index in [1.54, 1.807) is 14.2 Å². The number of methoxy groups -OCH3 is 2. The number of aromatic hydroxyl groups is 1. The first-order chi connectivity index (χ1) is 15.1. The van der Waals surface area contributed by atoms with E-state index in [1.165, 1.54) is 15.9 Å². The fourth-order valence-corrected chi connectivity index (χ4v) is 5.19. The number of rotatable bonds is 8. The lowest BCUT2D eigenvalue weighted by Gasteiger charge is -2.39. The summed E-state index contributed by atoms with van der Waals surface area (Å²) in [5.74, 6) is 2.16. The van der Waals surface area contributed by atoms with Crippen molar-refractivity contribution in [2.75, 3.05) is 53.6 Å². The first-order valence-electron chi connectivity index (χ1n) is 10.5. The van der Waals surface area contributed by atoms with Gasteiger partial charge in [0.05, 0.1) is 31.7 Å². The van der Waals surface area contributed by atoms with Crippen LogP contribution in [0.25, 0.3) is 4.96 Å². The third-order valence-corrected chi connectivity index (χ3v) is 6.79. The Morgan fingerprint density at radius 3 is 2.48 bits per heavy atom. The van der Waals surface area contributed by atoms with Crippen LogP contribution in [-0.2, 0) is 6.42 Å². The maximum atomic E-state index is 11.1. The number of aliphatic hydroxyl groups excluding tert-OH is 1. The van der Waals surface area contributed by atoms with Crippen LogP contribution in [0.2, 0.25) is 0 Å². The Kier molecular flexibility index (Phi) is 6.61. The molecule has 10 heteroatoms. The van der Waals surface area contributed by atoms with Crippen LogP contribution in [0, 0.1) is 0 Å². The Hall–Kier alpha value is -2.40. The van der Waals surface area contributed by atoms with Crippen LogP contribution in [0.1, 0.15) is 29.2 Å². The maximum Gasteiger partial charge on any atom is 0.230 e. The first kappa shape index (κ1) is 21.8. The number of aromatic nitrogens is 3. The highest BCUT2D eigenvalue weighted by Gasteiger charge is 2.32. The molecule has 168 valence electrons. The maximum absolute atomic E-state index is 11.1. The number of hydrogen-bond acceptors (Lipinski definition) is 9. The van der Waals surface area contributed by atoms with Gasteiger partial charge >= 0.3 is 0 Å². The van der Waals surface area contributed by atoms with Gasteiger partial charge in [-0.05, 0) is 17.7 Å². The fourth-order valence-electron chi connectivity index (χ4n) is 4.06. The summed E-state index contributed by atoms with van der Waals surface area (Å²) in [6.07, 6.45) is 0.717. The molecule has 2 N–H and O–H groups in total. The number of nitrogens with zero attached hydrogens (tertiary/aromatic N) is 5. The number of fused-ring (bicyclic) bond motifs is 1. The molecule has 1 aromatic carbocycles. The van der Waals surface area contributed by atoms with Gasteiger partial charge in [-0.2, -0.15) is 4.52 Å². The minimum Gasteiger partial charge on any atom is -0.493 e. The van der Waals surface area contributed by atoms with E-state index >= 15 is 0 Å².